The molecule has 2 fully saturated rings. The van der Waals surface area contributed by atoms with Crippen molar-refractivity contribution in [2.24, 2.45) is 0 Å². The fraction of sp³-hybridized carbons (Fsp3) is 0.706. The van der Waals surface area contributed by atoms with Crippen LogP contribution in [0, 0.1) is 0 Å². The highest BCUT2D eigenvalue weighted by Crippen LogP contribution is 2.38. The first kappa shape index (κ1) is 15.6. The van der Waals surface area contributed by atoms with Crippen molar-refractivity contribution in [1.82, 2.24) is 14.8 Å². The van der Waals surface area contributed by atoms with Gasteiger partial charge in [-0.1, -0.05) is 0 Å². The molecule has 0 aromatic carbocycles. The summed E-state index contributed by atoms with van der Waals surface area (Å²) in [6.07, 6.45) is 9.54. The number of nitrogens with zero attached hydrogens (tertiary/aromatic N) is 2. The molecule has 3 rings (SSSR count). The van der Waals surface area contributed by atoms with Crippen LogP contribution in [0.4, 0.5) is 0 Å². The summed E-state index contributed by atoms with van der Waals surface area (Å²) in [4.78, 5) is 20.2. The second-order valence-electron chi connectivity index (χ2n) is 6.55. The summed E-state index contributed by atoms with van der Waals surface area (Å²) >= 11 is 0. The van der Waals surface area contributed by atoms with Gasteiger partial charge in [-0.3, -0.25) is 9.69 Å². The molecule has 1 amide bonds. The number of carbonyl (C=O) groups is 1. The number of aromatic nitrogens is 1. The summed E-state index contributed by atoms with van der Waals surface area (Å²) in [5.74, 6) is 0.166. The number of methoxy groups -OCH3 is 1. The van der Waals surface area contributed by atoms with Gasteiger partial charge < -0.3 is 14.6 Å². The Kier molecular flexibility index (Phi) is 4.84. The molecule has 2 aliphatic heterocycles. The normalized spacial score (nSPS) is 26.5. The molecular weight excluding hydrogens is 278 g/mol. The minimum atomic E-state index is 0.166. The molecule has 5 nitrogen and oxygen atoms in total. The van der Waals surface area contributed by atoms with Crippen molar-refractivity contribution in [3.63, 3.8) is 0 Å². The summed E-state index contributed by atoms with van der Waals surface area (Å²) in [5.41, 5.74) is 1.07. The standard InChI is InChI=1S/C17H27N3O2/c1-22-13-12-20-10-3-6-17(20)5-2-9-19(11-7-17)16(21)15-4-8-18-14-15/h4,8,14,18H,2-3,5-7,9-13H2,1H3. The van der Waals surface area contributed by atoms with Crippen molar-refractivity contribution in [1.29, 1.82) is 0 Å². The first-order valence-electron chi connectivity index (χ1n) is 8.41. The molecular formula is C17H27N3O2. The Morgan fingerprint density at radius 3 is 2.82 bits per heavy atom. The maximum absolute atomic E-state index is 12.5. The van der Waals surface area contributed by atoms with Crippen LogP contribution in [0.25, 0.3) is 0 Å². The minimum Gasteiger partial charge on any atom is -0.383 e. The van der Waals surface area contributed by atoms with Crippen LogP contribution in [0.1, 0.15) is 42.5 Å². The van der Waals surface area contributed by atoms with Crippen LogP contribution in [-0.4, -0.2) is 66.1 Å². The topological polar surface area (TPSA) is 48.6 Å². The van der Waals surface area contributed by atoms with Crippen molar-refractivity contribution >= 4 is 5.91 Å². The Morgan fingerprint density at radius 1 is 1.27 bits per heavy atom. The van der Waals surface area contributed by atoms with Crippen LogP contribution >= 0.6 is 0 Å². The second-order valence-corrected chi connectivity index (χ2v) is 6.55. The molecule has 122 valence electrons. The van der Waals surface area contributed by atoms with E-state index in [1.165, 1.54) is 25.8 Å². The Bertz CT molecular complexity index is 488. The lowest BCUT2D eigenvalue weighted by molar-refractivity contribution is 0.0697. The van der Waals surface area contributed by atoms with Gasteiger partial charge in [0.1, 0.15) is 0 Å². The van der Waals surface area contributed by atoms with Crippen molar-refractivity contribution in [3.8, 4) is 0 Å². The van der Waals surface area contributed by atoms with Crippen LogP contribution in [-0.2, 0) is 4.74 Å². The number of rotatable bonds is 4. The molecule has 1 unspecified atom stereocenters. The molecule has 1 spiro atoms. The van der Waals surface area contributed by atoms with E-state index in [0.29, 0.717) is 5.54 Å². The predicted molar refractivity (Wildman–Crippen MR) is 86.0 cm³/mol. The number of carbonyl (C=O) groups excluding carboxylic acids is 1. The quantitative estimate of drug-likeness (QED) is 0.927. The number of ether oxygens (including phenoxy) is 1. The minimum absolute atomic E-state index is 0.166. The number of nitrogens with one attached hydrogen (secondary N) is 1. The van der Waals surface area contributed by atoms with E-state index in [1.54, 1.807) is 13.3 Å². The molecule has 2 saturated heterocycles. The molecule has 1 N–H and O–H groups in total. The molecule has 0 bridgehead atoms. The number of H-pyrrole nitrogens is 1. The van der Waals surface area contributed by atoms with Gasteiger partial charge in [0.2, 0.25) is 0 Å². The summed E-state index contributed by atoms with van der Waals surface area (Å²) in [6, 6.07) is 1.86. The first-order chi connectivity index (χ1) is 10.7. The zero-order valence-corrected chi connectivity index (χ0v) is 13.5. The van der Waals surface area contributed by atoms with Gasteiger partial charge in [0.05, 0.1) is 12.2 Å². The third-order valence-corrected chi connectivity index (χ3v) is 5.36. The molecule has 1 aromatic rings. The number of hydrogen-bond donors (Lipinski definition) is 1. The van der Waals surface area contributed by atoms with E-state index in [-0.39, 0.29) is 5.91 Å². The van der Waals surface area contributed by atoms with Crippen LogP contribution in [0.5, 0.6) is 0 Å². The molecule has 2 aliphatic rings. The zero-order valence-electron chi connectivity index (χ0n) is 13.5. The Morgan fingerprint density at radius 2 is 2.09 bits per heavy atom. The van der Waals surface area contributed by atoms with E-state index >= 15 is 0 Å². The summed E-state index contributed by atoms with van der Waals surface area (Å²) < 4.78 is 5.27. The third kappa shape index (κ3) is 3.06. The van der Waals surface area contributed by atoms with E-state index in [0.717, 1.165) is 44.6 Å². The van der Waals surface area contributed by atoms with E-state index in [4.69, 9.17) is 4.74 Å². The SMILES string of the molecule is COCCN1CCCC12CCCN(C(=O)c1cc[nH]c1)CC2. The maximum Gasteiger partial charge on any atom is 0.255 e. The van der Waals surface area contributed by atoms with Gasteiger partial charge >= 0.3 is 0 Å². The monoisotopic (exact) mass is 305 g/mol. The molecule has 1 atom stereocenters. The van der Waals surface area contributed by atoms with Crippen LogP contribution in [0.2, 0.25) is 0 Å². The Hall–Kier alpha value is -1.33. The Balaban J connectivity index is 1.65. The fourth-order valence-corrected chi connectivity index (χ4v) is 4.13. The van der Waals surface area contributed by atoms with Gasteiger partial charge in [-0.25, -0.2) is 0 Å². The van der Waals surface area contributed by atoms with E-state index in [9.17, 15) is 4.79 Å². The molecule has 5 heteroatoms. The Labute approximate surface area is 132 Å². The van der Waals surface area contributed by atoms with Crippen molar-refractivity contribution in [3.05, 3.63) is 24.0 Å². The number of amides is 1. The van der Waals surface area contributed by atoms with Crippen LogP contribution in [0.3, 0.4) is 0 Å². The smallest absolute Gasteiger partial charge is 0.255 e. The highest BCUT2D eigenvalue weighted by Gasteiger charge is 2.41. The number of likely N-dealkylation sites (tertiary alicyclic amines) is 2. The molecule has 22 heavy (non-hydrogen) atoms. The molecule has 0 saturated carbocycles. The lowest BCUT2D eigenvalue weighted by Gasteiger charge is -2.38. The van der Waals surface area contributed by atoms with E-state index < -0.39 is 0 Å². The largest absolute Gasteiger partial charge is 0.383 e. The van der Waals surface area contributed by atoms with Gasteiger partial charge in [-0.15, -0.1) is 0 Å². The molecule has 0 aliphatic carbocycles. The molecule has 3 heterocycles. The molecule has 1 aromatic heterocycles. The van der Waals surface area contributed by atoms with Crippen molar-refractivity contribution in [2.75, 3.05) is 39.9 Å². The summed E-state index contributed by atoms with van der Waals surface area (Å²) in [7, 11) is 1.77. The van der Waals surface area contributed by atoms with Crippen LogP contribution in [0.15, 0.2) is 18.5 Å². The van der Waals surface area contributed by atoms with Gasteiger partial charge in [-0.2, -0.15) is 0 Å². The highest BCUT2D eigenvalue weighted by atomic mass is 16.5. The first-order valence-corrected chi connectivity index (χ1v) is 8.41. The second kappa shape index (κ2) is 6.84. The highest BCUT2D eigenvalue weighted by molar-refractivity contribution is 5.94. The summed E-state index contributed by atoms with van der Waals surface area (Å²) in [6.45, 7) is 4.74. The lowest BCUT2D eigenvalue weighted by Crippen LogP contribution is -2.46. The lowest BCUT2D eigenvalue weighted by atomic mass is 9.88. The number of aromatic amines is 1. The molecule has 0 radical (unpaired) electrons. The average molecular weight is 305 g/mol. The average Bonchev–Trinajstić information content (AvgIpc) is 3.13. The third-order valence-electron chi connectivity index (χ3n) is 5.36. The summed E-state index contributed by atoms with van der Waals surface area (Å²) in [5, 5.41) is 0. The van der Waals surface area contributed by atoms with Gasteiger partial charge in [0, 0.05) is 44.7 Å². The van der Waals surface area contributed by atoms with E-state index in [2.05, 4.69) is 9.88 Å². The predicted octanol–water partition coefficient (Wildman–Crippen LogP) is 2.12. The van der Waals surface area contributed by atoms with Crippen molar-refractivity contribution in [2.45, 2.75) is 37.6 Å². The van der Waals surface area contributed by atoms with E-state index in [1.807, 2.05) is 17.2 Å². The number of hydrogen-bond acceptors (Lipinski definition) is 3. The fourth-order valence-electron chi connectivity index (χ4n) is 4.13. The van der Waals surface area contributed by atoms with Gasteiger partial charge in [0.25, 0.3) is 5.91 Å². The van der Waals surface area contributed by atoms with Gasteiger partial charge in [0.15, 0.2) is 0 Å². The van der Waals surface area contributed by atoms with Crippen molar-refractivity contribution < 1.29 is 9.53 Å². The zero-order chi connectivity index (χ0) is 15.4. The van der Waals surface area contributed by atoms with Gasteiger partial charge in [-0.05, 0) is 44.7 Å². The van der Waals surface area contributed by atoms with Crippen LogP contribution < -0.4 is 0 Å². The maximum atomic E-state index is 12.5.